The maximum atomic E-state index is 10.9. The molecule has 0 fully saturated rings. The summed E-state index contributed by atoms with van der Waals surface area (Å²) >= 11 is 0. The fraction of sp³-hybridized carbons (Fsp3) is 0.500. The summed E-state index contributed by atoms with van der Waals surface area (Å²) in [5.74, 6) is 0. The summed E-state index contributed by atoms with van der Waals surface area (Å²) in [4.78, 5) is 14.7. The summed E-state index contributed by atoms with van der Waals surface area (Å²) < 4.78 is 1.50. The highest BCUT2D eigenvalue weighted by Crippen LogP contribution is 1.77. The van der Waals surface area contributed by atoms with Crippen LogP contribution in [0.4, 0.5) is 0 Å². The quantitative estimate of drug-likeness (QED) is 0.561. The fourth-order valence-electron chi connectivity index (χ4n) is 0.623. The first kappa shape index (κ1) is 9.88. The van der Waals surface area contributed by atoms with Crippen molar-refractivity contribution in [3.63, 3.8) is 0 Å². The van der Waals surface area contributed by atoms with Crippen LogP contribution in [-0.2, 0) is 7.05 Å². The van der Waals surface area contributed by atoms with E-state index >= 15 is 0 Å². The molecular formula is C8H14N2O. The molecule has 3 nitrogen and oxygen atoms in total. The minimum Gasteiger partial charge on any atom is -0.316 e. The van der Waals surface area contributed by atoms with Crippen LogP contribution in [0, 0.1) is 6.92 Å². The van der Waals surface area contributed by atoms with Gasteiger partial charge in [0.05, 0.1) is 0 Å². The van der Waals surface area contributed by atoms with E-state index in [4.69, 9.17) is 0 Å². The number of aryl methyl sites for hydroxylation is 2. The number of nitrogens with zero attached hydrogens (tertiary/aromatic N) is 2. The zero-order valence-electron chi connectivity index (χ0n) is 7.46. The maximum Gasteiger partial charge on any atom is 0.271 e. The van der Waals surface area contributed by atoms with Crippen LogP contribution in [-0.4, -0.2) is 9.55 Å². The van der Waals surface area contributed by atoms with Gasteiger partial charge in [-0.15, -0.1) is 0 Å². The second kappa shape index (κ2) is 4.66. The molecule has 0 saturated carbocycles. The molecule has 1 heterocycles. The van der Waals surface area contributed by atoms with Crippen LogP contribution in [0.5, 0.6) is 0 Å². The lowest BCUT2D eigenvalue weighted by atomic mass is 10.5. The predicted octanol–water partition coefficient (Wildman–Crippen LogP) is 1.11. The normalized spacial score (nSPS) is 8.36. The summed E-state index contributed by atoms with van der Waals surface area (Å²) in [6, 6.07) is 0. The van der Waals surface area contributed by atoms with Crippen molar-refractivity contribution in [3.8, 4) is 0 Å². The van der Waals surface area contributed by atoms with E-state index in [0.717, 1.165) is 0 Å². The molecule has 0 aliphatic carbocycles. The largest absolute Gasteiger partial charge is 0.316 e. The third-order valence-corrected chi connectivity index (χ3v) is 1.19. The molecule has 0 unspecified atom stereocenters. The van der Waals surface area contributed by atoms with E-state index in [1.165, 1.54) is 4.57 Å². The average molecular weight is 154 g/mol. The third kappa shape index (κ3) is 2.53. The van der Waals surface area contributed by atoms with Gasteiger partial charge in [0, 0.05) is 19.4 Å². The number of hydrogen-bond donors (Lipinski definition) is 0. The summed E-state index contributed by atoms with van der Waals surface area (Å²) in [5.41, 5.74) is 0.512. The van der Waals surface area contributed by atoms with E-state index in [0.29, 0.717) is 5.69 Å². The monoisotopic (exact) mass is 154 g/mol. The highest BCUT2D eigenvalue weighted by Gasteiger charge is 1.91. The molecule has 0 aliphatic heterocycles. The molecule has 0 saturated heterocycles. The van der Waals surface area contributed by atoms with E-state index in [2.05, 4.69) is 4.98 Å². The third-order valence-electron chi connectivity index (χ3n) is 1.19. The van der Waals surface area contributed by atoms with Gasteiger partial charge in [0.25, 0.3) is 5.56 Å². The average Bonchev–Trinajstić information content (AvgIpc) is 2.04. The maximum absolute atomic E-state index is 10.9. The molecule has 1 aromatic rings. The van der Waals surface area contributed by atoms with Gasteiger partial charge in [0.15, 0.2) is 0 Å². The Morgan fingerprint density at radius 1 is 1.45 bits per heavy atom. The van der Waals surface area contributed by atoms with E-state index in [-0.39, 0.29) is 5.56 Å². The number of hydrogen-bond acceptors (Lipinski definition) is 2. The summed E-state index contributed by atoms with van der Waals surface area (Å²) in [5, 5.41) is 0. The topological polar surface area (TPSA) is 34.9 Å². The molecule has 0 aliphatic rings. The second-order valence-electron chi connectivity index (χ2n) is 1.93. The minimum atomic E-state index is -0.0301. The van der Waals surface area contributed by atoms with Crippen molar-refractivity contribution in [2.24, 2.45) is 7.05 Å². The van der Waals surface area contributed by atoms with Gasteiger partial charge in [-0.2, -0.15) is 0 Å². The molecule has 0 bridgehead atoms. The standard InChI is InChI=1S/C6H8N2O.C2H6/c1-5-6(9)8(2)4-3-7-5;1-2/h3-4H,1-2H3;1-2H3. The van der Waals surface area contributed by atoms with Gasteiger partial charge in [-0.1, -0.05) is 13.8 Å². The molecule has 62 valence electrons. The lowest BCUT2D eigenvalue weighted by Crippen LogP contribution is -2.19. The molecule has 0 amide bonds. The van der Waals surface area contributed by atoms with Gasteiger partial charge in [-0.25, -0.2) is 0 Å². The van der Waals surface area contributed by atoms with E-state index in [1.54, 1.807) is 26.4 Å². The highest BCUT2D eigenvalue weighted by atomic mass is 16.1. The summed E-state index contributed by atoms with van der Waals surface area (Å²) in [6.45, 7) is 5.70. The Bertz CT molecular complexity index is 242. The first-order valence-electron chi connectivity index (χ1n) is 3.70. The number of aromatic nitrogens is 2. The van der Waals surface area contributed by atoms with E-state index < -0.39 is 0 Å². The zero-order chi connectivity index (χ0) is 8.85. The Labute approximate surface area is 66.7 Å². The van der Waals surface area contributed by atoms with Crippen LogP contribution in [0.25, 0.3) is 0 Å². The molecule has 0 atom stereocenters. The van der Waals surface area contributed by atoms with Crippen LogP contribution in [0.2, 0.25) is 0 Å². The SMILES string of the molecule is CC.Cc1nccn(C)c1=O. The summed E-state index contributed by atoms with van der Waals surface area (Å²) in [7, 11) is 1.71. The molecule has 0 spiro atoms. The van der Waals surface area contributed by atoms with Crippen molar-refractivity contribution < 1.29 is 0 Å². The Hall–Kier alpha value is -1.12. The van der Waals surface area contributed by atoms with Crippen molar-refractivity contribution in [2.75, 3.05) is 0 Å². The number of rotatable bonds is 0. The van der Waals surface area contributed by atoms with Crippen LogP contribution >= 0.6 is 0 Å². The fourth-order valence-corrected chi connectivity index (χ4v) is 0.623. The van der Waals surface area contributed by atoms with Gasteiger partial charge >= 0.3 is 0 Å². The molecule has 11 heavy (non-hydrogen) atoms. The van der Waals surface area contributed by atoms with Crippen molar-refractivity contribution >= 4 is 0 Å². The van der Waals surface area contributed by atoms with Gasteiger partial charge in [-0.3, -0.25) is 9.78 Å². The van der Waals surface area contributed by atoms with Crippen LogP contribution < -0.4 is 5.56 Å². The van der Waals surface area contributed by atoms with Crippen LogP contribution in [0.1, 0.15) is 19.5 Å². The molecule has 0 N–H and O–H groups in total. The molecule has 0 radical (unpaired) electrons. The van der Waals surface area contributed by atoms with Gasteiger partial charge in [0.2, 0.25) is 0 Å². The molecule has 0 aromatic carbocycles. The molecule has 1 aromatic heterocycles. The van der Waals surface area contributed by atoms with Crippen molar-refractivity contribution in [1.29, 1.82) is 0 Å². The second-order valence-corrected chi connectivity index (χ2v) is 1.93. The summed E-state index contributed by atoms with van der Waals surface area (Å²) in [6.07, 6.45) is 3.24. The lowest BCUT2D eigenvalue weighted by molar-refractivity contribution is 0.822. The van der Waals surface area contributed by atoms with Gasteiger partial charge in [0.1, 0.15) is 5.69 Å². The first-order chi connectivity index (χ1) is 5.22. The van der Waals surface area contributed by atoms with Gasteiger partial charge < -0.3 is 4.57 Å². The predicted molar refractivity (Wildman–Crippen MR) is 45.6 cm³/mol. The van der Waals surface area contributed by atoms with Crippen LogP contribution in [0.15, 0.2) is 17.2 Å². The van der Waals surface area contributed by atoms with Crippen molar-refractivity contribution in [3.05, 3.63) is 28.4 Å². The molecular weight excluding hydrogens is 140 g/mol. The first-order valence-corrected chi connectivity index (χ1v) is 3.70. The Morgan fingerprint density at radius 2 is 2.00 bits per heavy atom. The Morgan fingerprint density at radius 3 is 2.36 bits per heavy atom. The van der Waals surface area contributed by atoms with Gasteiger partial charge in [-0.05, 0) is 6.92 Å². The van der Waals surface area contributed by atoms with Crippen molar-refractivity contribution in [1.82, 2.24) is 9.55 Å². The highest BCUT2D eigenvalue weighted by molar-refractivity contribution is 4.92. The molecule has 3 heteroatoms. The lowest BCUT2D eigenvalue weighted by Gasteiger charge is -1.93. The Balaban J connectivity index is 0.000000461. The zero-order valence-corrected chi connectivity index (χ0v) is 7.46. The Kier molecular flexibility index (Phi) is 4.18. The van der Waals surface area contributed by atoms with Crippen molar-refractivity contribution in [2.45, 2.75) is 20.8 Å². The smallest absolute Gasteiger partial charge is 0.271 e. The minimum absolute atomic E-state index is 0.0301. The van der Waals surface area contributed by atoms with E-state index in [1.807, 2.05) is 13.8 Å². The van der Waals surface area contributed by atoms with Crippen LogP contribution in [0.3, 0.4) is 0 Å². The van der Waals surface area contributed by atoms with E-state index in [9.17, 15) is 4.79 Å². The molecule has 1 rings (SSSR count).